The van der Waals surface area contributed by atoms with Crippen molar-refractivity contribution >= 4 is 75.2 Å². The molecule has 20 heteroatoms. The summed E-state index contributed by atoms with van der Waals surface area (Å²) in [5.74, 6) is -4.28. The predicted octanol–water partition coefficient (Wildman–Crippen LogP) is 0.154. The van der Waals surface area contributed by atoms with Crippen molar-refractivity contribution in [3.05, 3.63) is 0 Å². The average molecular weight is 718 g/mol. The van der Waals surface area contributed by atoms with Gasteiger partial charge in [0.25, 0.3) is 0 Å². The van der Waals surface area contributed by atoms with Crippen LogP contribution in [0.2, 0.25) is 0 Å². The average Bonchev–Trinajstić information content (AvgIpc) is 2.95. The van der Waals surface area contributed by atoms with Crippen molar-refractivity contribution in [2.45, 2.75) is 102 Å². The van der Waals surface area contributed by atoms with Gasteiger partial charge in [-0.2, -0.15) is 12.6 Å². The minimum atomic E-state index is -1.34. The molecule has 6 N–H and O–H groups in total. The van der Waals surface area contributed by atoms with Gasteiger partial charge in [0.05, 0.1) is 18.8 Å². The number of hydrogen-bond donors (Lipinski definition) is 6. The summed E-state index contributed by atoms with van der Waals surface area (Å²) in [5.41, 5.74) is 4.37. The van der Waals surface area contributed by atoms with Crippen molar-refractivity contribution in [3.63, 3.8) is 0 Å². The van der Waals surface area contributed by atoms with E-state index >= 15 is 0 Å². The van der Waals surface area contributed by atoms with Gasteiger partial charge in [0.1, 0.15) is 24.2 Å². The maximum atomic E-state index is 12.0. The summed E-state index contributed by atoms with van der Waals surface area (Å²) in [4.78, 5) is 80.3. The molecule has 46 heavy (non-hydrogen) atoms. The smallest absolute Gasteiger partial charge is 0.378 e. The Morgan fingerprint density at radius 1 is 0.978 bits per heavy atom. The number of aliphatic carboxylic acids is 1. The molecule has 1 aliphatic heterocycles. The molecule has 0 spiro atoms. The van der Waals surface area contributed by atoms with E-state index in [-0.39, 0.29) is 19.0 Å². The van der Waals surface area contributed by atoms with Gasteiger partial charge in [-0.05, 0) is 24.1 Å². The fraction of sp³-hybridized carbons (Fsp3) is 0.731. The number of thiol groups is 1. The third-order valence-corrected chi connectivity index (χ3v) is 8.18. The topological polar surface area (TPSA) is 256 Å². The lowest BCUT2D eigenvalue weighted by Gasteiger charge is -2.44. The molecule has 1 aliphatic rings. The van der Waals surface area contributed by atoms with E-state index in [4.69, 9.17) is 39.6 Å². The highest BCUT2D eigenvalue weighted by Gasteiger charge is 2.51. The van der Waals surface area contributed by atoms with Crippen LogP contribution in [-0.4, -0.2) is 118 Å². The molecule has 0 bridgehead atoms. The lowest BCUT2D eigenvalue weighted by molar-refractivity contribution is -0.211. The standard InChI is InChI=1S/C19H29NO10S2.C7H14N2O4S/c1-6-7-8-26-19(25)32-31-18-15(20-10(2)21)17(29-13(5)24)16(28-12(4)23)14(30-18)9-27-11(3)22;1-3(10)5(7(12)13)9-6(11)4(8)2-14/h14-18H,6-9H2,1-5H3,(H,20,21);3-5,10,14H,2,8H2,1H3,(H,9,11)(H,12,13)/t14-,15-,16-,17-,18+;3-,4+,5+/m11/s1. The summed E-state index contributed by atoms with van der Waals surface area (Å²) in [6.07, 6.45) is -2.96. The van der Waals surface area contributed by atoms with Crippen LogP contribution < -0.4 is 16.4 Å². The SMILES string of the molecule is CCCCOC(=O)SS[C@@H]1O[C@H](COC(C)=O)[C@@H](OC(C)=O)[C@H](OC(C)=O)[C@H]1NC(C)=O.C[C@@H](O)[C@H](NC(=O)[C@@H](N)CS)C(=O)O. The first-order valence-electron chi connectivity index (χ1n) is 13.9. The number of esters is 3. The van der Waals surface area contributed by atoms with E-state index in [1.165, 1.54) is 20.8 Å². The molecule has 0 aliphatic carbocycles. The first kappa shape index (κ1) is 43.2. The molecule has 1 fully saturated rings. The maximum Gasteiger partial charge on any atom is 0.378 e. The number of carboxylic acids is 1. The number of rotatable bonds is 15. The summed E-state index contributed by atoms with van der Waals surface area (Å²) < 4.78 is 26.7. The molecule has 8 atom stereocenters. The number of carboxylic acid groups (broad SMARTS) is 1. The molecule has 1 heterocycles. The molecule has 0 aromatic carbocycles. The van der Waals surface area contributed by atoms with Crippen LogP contribution in [0.15, 0.2) is 0 Å². The Morgan fingerprint density at radius 2 is 1.57 bits per heavy atom. The Hall–Kier alpha value is -2.78. The predicted molar refractivity (Wildman–Crippen MR) is 169 cm³/mol. The van der Waals surface area contributed by atoms with Crippen molar-refractivity contribution in [1.29, 1.82) is 0 Å². The second-order valence-corrected chi connectivity index (χ2v) is 12.3. The molecule has 17 nitrogen and oxygen atoms in total. The van der Waals surface area contributed by atoms with Crippen LogP contribution in [0.4, 0.5) is 4.79 Å². The van der Waals surface area contributed by atoms with Crippen LogP contribution in [0.25, 0.3) is 0 Å². The van der Waals surface area contributed by atoms with Gasteiger partial charge in [-0.15, -0.1) is 0 Å². The summed E-state index contributed by atoms with van der Waals surface area (Å²) in [6, 6.07) is -3.19. The van der Waals surface area contributed by atoms with Gasteiger partial charge >= 0.3 is 29.2 Å². The molecule has 1 saturated heterocycles. The Labute approximate surface area is 279 Å². The highest BCUT2D eigenvalue weighted by Crippen LogP contribution is 2.38. The number of nitrogens with two attached hydrogens (primary N) is 1. The molecule has 0 radical (unpaired) electrons. The Kier molecular flexibility index (Phi) is 21.3. The highest BCUT2D eigenvalue weighted by atomic mass is 33.1. The van der Waals surface area contributed by atoms with Crippen molar-refractivity contribution in [3.8, 4) is 0 Å². The summed E-state index contributed by atoms with van der Waals surface area (Å²) in [7, 11) is 1.69. The van der Waals surface area contributed by atoms with Crippen molar-refractivity contribution in [1.82, 2.24) is 10.6 Å². The normalized spacial score (nSPS) is 22.3. The summed E-state index contributed by atoms with van der Waals surface area (Å²) >= 11 is 3.79. The third kappa shape index (κ3) is 17.2. The van der Waals surface area contributed by atoms with Crippen LogP contribution in [0.3, 0.4) is 0 Å². The molecule has 264 valence electrons. The number of carbonyl (C=O) groups excluding carboxylic acids is 6. The van der Waals surface area contributed by atoms with Crippen molar-refractivity contribution in [2.24, 2.45) is 5.73 Å². The van der Waals surface area contributed by atoms with Gasteiger partial charge in [-0.3, -0.25) is 24.0 Å². The van der Waals surface area contributed by atoms with E-state index in [9.17, 15) is 33.6 Å². The molecule has 0 aromatic rings. The van der Waals surface area contributed by atoms with Crippen molar-refractivity contribution < 1.29 is 67.5 Å². The van der Waals surface area contributed by atoms with Gasteiger partial charge in [0.15, 0.2) is 18.2 Å². The Morgan fingerprint density at radius 3 is 2.02 bits per heavy atom. The number of unbranched alkanes of at least 4 members (excludes halogenated alkanes) is 1. The second-order valence-electron chi connectivity index (χ2n) is 9.71. The quantitative estimate of drug-likeness (QED) is 0.0433. The van der Waals surface area contributed by atoms with Gasteiger partial charge in [-0.1, -0.05) is 13.3 Å². The third-order valence-electron chi connectivity index (χ3n) is 5.58. The van der Waals surface area contributed by atoms with Gasteiger partial charge in [0.2, 0.25) is 11.8 Å². The number of carbonyl (C=O) groups is 7. The summed E-state index contributed by atoms with van der Waals surface area (Å²) in [5, 5.41) is 21.8. The van der Waals surface area contributed by atoms with Gasteiger partial charge in [-0.25, -0.2) is 9.59 Å². The fourth-order valence-electron chi connectivity index (χ4n) is 3.52. The maximum absolute atomic E-state index is 12.0. The molecular weight excluding hydrogens is 674 g/mol. The molecular formula is C26H43N3O14S3. The fourth-order valence-corrected chi connectivity index (χ4v) is 5.68. The Balaban J connectivity index is 0.00000121. The lowest BCUT2D eigenvalue weighted by atomic mass is 9.97. The van der Waals surface area contributed by atoms with Crippen LogP contribution in [-0.2, 0) is 52.5 Å². The first-order valence-corrected chi connectivity index (χ1v) is 16.8. The van der Waals surface area contributed by atoms with E-state index in [0.717, 1.165) is 41.9 Å². The van der Waals surface area contributed by atoms with E-state index in [1.807, 2.05) is 6.92 Å². The molecule has 0 aromatic heterocycles. The minimum absolute atomic E-state index is 0.109. The minimum Gasteiger partial charge on any atom is -0.480 e. The van der Waals surface area contributed by atoms with E-state index in [0.29, 0.717) is 6.42 Å². The van der Waals surface area contributed by atoms with Crippen LogP contribution in [0.5, 0.6) is 0 Å². The van der Waals surface area contributed by atoms with E-state index in [2.05, 4.69) is 23.3 Å². The molecule has 1 rings (SSSR count). The number of hydrogen-bond acceptors (Lipinski definition) is 17. The van der Waals surface area contributed by atoms with Crippen molar-refractivity contribution in [2.75, 3.05) is 19.0 Å². The largest absolute Gasteiger partial charge is 0.480 e. The first-order chi connectivity index (χ1) is 21.4. The number of amides is 2. The molecule has 0 saturated carbocycles. The second kappa shape index (κ2) is 22.7. The van der Waals surface area contributed by atoms with E-state index in [1.54, 1.807) is 0 Å². The zero-order chi connectivity index (χ0) is 35.6. The Bertz CT molecular complexity index is 1050. The van der Waals surface area contributed by atoms with Gasteiger partial charge < -0.3 is 50.3 Å². The van der Waals surface area contributed by atoms with E-state index < -0.39 is 89.0 Å². The number of aliphatic hydroxyl groups excluding tert-OH is 1. The molecule has 2 amide bonds. The number of aliphatic hydroxyl groups is 1. The lowest BCUT2D eigenvalue weighted by Crippen LogP contribution is -2.65. The summed E-state index contributed by atoms with van der Waals surface area (Å²) in [6.45, 7) is 7.96. The monoisotopic (exact) mass is 717 g/mol. The highest BCUT2D eigenvalue weighted by molar-refractivity contribution is 8.82. The molecule has 0 unspecified atom stereocenters. The van der Waals surface area contributed by atoms with Crippen LogP contribution in [0, 0.1) is 0 Å². The van der Waals surface area contributed by atoms with Crippen LogP contribution >= 0.6 is 34.2 Å². The zero-order valence-corrected chi connectivity index (χ0v) is 28.8. The number of nitrogens with one attached hydrogen (secondary N) is 2. The number of ether oxygens (including phenoxy) is 5. The van der Waals surface area contributed by atoms with Gasteiger partial charge in [0, 0.05) is 44.2 Å². The zero-order valence-electron chi connectivity index (χ0n) is 26.3. The van der Waals surface area contributed by atoms with Crippen LogP contribution in [0.1, 0.15) is 54.4 Å².